The molecular weight excluding hydrogens is 787 g/mol. The van der Waals surface area contributed by atoms with Crippen LogP contribution in [0.15, 0.2) is 67.1 Å². The Balaban J connectivity index is 1.32. The lowest BCUT2D eigenvalue weighted by Gasteiger charge is -2.34. The van der Waals surface area contributed by atoms with Crippen LogP contribution in [0.3, 0.4) is 0 Å². The van der Waals surface area contributed by atoms with E-state index in [1.54, 1.807) is 34.9 Å². The number of carbonyl (C=O) groups excluding carboxylic acids is 1. The quantitative estimate of drug-likeness (QED) is 0.128. The second kappa shape index (κ2) is 15.7. The highest BCUT2D eigenvalue weighted by Gasteiger charge is 2.40. The third-order valence-electron chi connectivity index (χ3n) is 11.3. The summed E-state index contributed by atoms with van der Waals surface area (Å²) >= 11 is 13.6. The zero-order chi connectivity index (χ0) is 41.9. The van der Waals surface area contributed by atoms with Crippen molar-refractivity contribution in [1.82, 2.24) is 24.1 Å². The molecule has 0 saturated carbocycles. The fourth-order valence-electron chi connectivity index (χ4n) is 8.69. The summed E-state index contributed by atoms with van der Waals surface area (Å²) in [6.07, 6.45) is 4.32. The van der Waals surface area contributed by atoms with Gasteiger partial charge in [0.05, 0.1) is 47.7 Å². The van der Waals surface area contributed by atoms with Gasteiger partial charge >= 0.3 is 5.97 Å². The van der Waals surface area contributed by atoms with Gasteiger partial charge in [0.1, 0.15) is 23.5 Å². The molecule has 5 heterocycles. The number of aryl methyl sites for hydroxylation is 6. The molecule has 302 valence electrons. The number of pyridine rings is 1. The lowest BCUT2D eigenvalue weighted by Crippen LogP contribution is -2.43. The maximum atomic E-state index is 15.5. The van der Waals surface area contributed by atoms with Crippen LogP contribution >= 0.6 is 23.2 Å². The van der Waals surface area contributed by atoms with Crippen LogP contribution in [-0.2, 0) is 13.0 Å². The number of carbonyl (C=O) groups is 2. The number of halogens is 2. The van der Waals surface area contributed by atoms with E-state index in [4.69, 9.17) is 32.7 Å². The number of amides is 1. The van der Waals surface area contributed by atoms with E-state index in [0.717, 1.165) is 61.4 Å². The third kappa shape index (κ3) is 6.95. The number of anilines is 1. The molecule has 1 aliphatic rings. The predicted molar refractivity (Wildman–Crippen MR) is 232 cm³/mol. The molecule has 0 unspecified atom stereocenters. The number of fused-ring (bicyclic) bond motifs is 4. The number of ether oxygens (including phenoxy) is 2. The molecule has 0 fully saturated rings. The van der Waals surface area contributed by atoms with Gasteiger partial charge in [0.2, 0.25) is 0 Å². The fourth-order valence-corrected chi connectivity index (χ4v) is 9.04. The molecular formula is C46H44Cl2N6O5. The van der Waals surface area contributed by atoms with Gasteiger partial charge in [-0.25, -0.2) is 14.8 Å². The average Bonchev–Trinajstić information content (AvgIpc) is 3.70. The first-order valence-corrected chi connectivity index (χ1v) is 20.2. The first-order chi connectivity index (χ1) is 28.3. The smallest absolute Gasteiger partial charge is 0.354 e. The summed E-state index contributed by atoms with van der Waals surface area (Å²) in [5.74, 6) is -0.224. The Morgan fingerprint density at radius 2 is 1.63 bits per heavy atom. The molecule has 0 saturated heterocycles. The molecule has 0 bridgehead atoms. The lowest BCUT2D eigenvalue weighted by atomic mass is 9.97. The minimum atomic E-state index is -1.16. The molecule has 59 heavy (non-hydrogen) atoms. The SMILES string of the molecule is COc1ccc2c(c1)c(N1C[C@@H](C)n3c(c(CCCOc4cc(C)c(Cl)c(C)c4)c4ccc(Cl)c(-c5c(C)ncnc5C)c43)C1=O)c(C(=O)O)n2Cc1cc(C)ccn1. The fraction of sp³-hybridized carbons (Fsp3) is 0.283. The van der Waals surface area contributed by atoms with E-state index in [1.807, 2.05) is 84.0 Å². The maximum Gasteiger partial charge on any atom is 0.354 e. The van der Waals surface area contributed by atoms with Gasteiger partial charge in [-0.05, 0) is 125 Å². The van der Waals surface area contributed by atoms with Gasteiger partial charge in [0.25, 0.3) is 5.91 Å². The first kappa shape index (κ1) is 39.9. The van der Waals surface area contributed by atoms with E-state index in [9.17, 15) is 9.90 Å². The van der Waals surface area contributed by atoms with Crippen LogP contribution in [0.25, 0.3) is 32.9 Å². The number of carboxylic acid groups (broad SMARTS) is 1. The Morgan fingerprint density at radius 1 is 0.898 bits per heavy atom. The monoisotopic (exact) mass is 830 g/mol. The standard InChI is InChI=1S/C46H44Cl2N6O5/c1-24-14-15-49-30(17-24)22-52-37-13-10-31(58-7)20-35(37)42(44(52)46(56)57)53-21-27(4)54-41-34(11-12-36(47)39(41)38-28(5)50-23-51-29(38)6)33(43(54)45(53)55)9-8-16-59-32-18-25(2)40(48)26(3)19-32/h10-15,17-20,23,27H,8-9,16,21-22H2,1-7H3,(H,56,57)/t27-/m1/s1. The molecule has 4 aromatic heterocycles. The molecule has 1 atom stereocenters. The number of aromatic carboxylic acids is 1. The van der Waals surface area contributed by atoms with Crippen LogP contribution in [0.5, 0.6) is 11.5 Å². The average molecular weight is 832 g/mol. The number of aromatic nitrogens is 5. The van der Waals surface area contributed by atoms with Crippen LogP contribution in [0.1, 0.15) is 79.7 Å². The summed E-state index contributed by atoms with van der Waals surface area (Å²) in [5.41, 5.74) is 9.67. The summed E-state index contributed by atoms with van der Waals surface area (Å²) in [6.45, 7) is 12.5. The van der Waals surface area contributed by atoms with E-state index < -0.39 is 5.97 Å². The molecule has 7 aromatic rings. The number of rotatable bonds is 11. The van der Waals surface area contributed by atoms with Crippen molar-refractivity contribution in [3.05, 3.63) is 128 Å². The molecule has 0 radical (unpaired) electrons. The summed E-state index contributed by atoms with van der Waals surface area (Å²) in [4.78, 5) is 44.3. The predicted octanol–water partition coefficient (Wildman–Crippen LogP) is 10.3. The first-order valence-electron chi connectivity index (χ1n) is 19.5. The number of methoxy groups -OCH3 is 1. The zero-order valence-corrected chi connectivity index (χ0v) is 35.5. The topological polar surface area (TPSA) is 125 Å². The van der Waals surface area contributed by atoms with Crippen LogP contribution < -0.4 is 14.4 Å². The second-order valence-electron chi connectivity index (χ2n) is 15.3. The number of benzene rings is 3. The number of hydrogen-bond acceptors (Lipinski definition) is 7. The van der Waals surface area contributed by atoms with Crippen molar-refractivity contribution in [3.8, 4) is 22.6 Å². The van der Waals surface area contributed by atoms with E-state index in [1.165, 1.54) is 6.33 Å². The van der Waals surface area contributed by atoms with Crippen LogP contribution in [0, 0.1) is 34.6 Å². The van der Waals surface area contributed by atoms with Gasteiger partial charge in [-0.2, -0.15) is 0 Å². The zero-order valence-electron chi connectivity index (χ0n) is 34.0. The Kier molecular flexibility index (Phi) is 10.6. The number of hydrogen-bond donors (Lipinski definition) is 1. The highest BCUT2D eigenvalue weighted by atomic mass is 35.5. The van der Waals surface area contributed by atoms with Crippen LogP contribution in [0.2, 0.25) is 10.0 Å². The van der Waals surface area contributed by atoms with Crippen molar-refractivity contribution in [2.24, 2.45) is 0 Å². The highest BCUT2D eigenvalue weighted by Crippen LogP contribution is 2.46. The number of carboxylic acids is 1. The third-order valence-corrected chi connectivity index (χ3v) is 12.2. The highest BCUT2D eigenvalue weighted by molar-refractivity contribution is 6.35. The molecule has 11 nitrogen and oxygen atoms in total. The van der Waals surface area contributed by atoms with Gasteiger partial charge in [-0.15, -0.1) is 0 Å². The van der Waals surface area contributed by atoms with Crippen molar-refractivity contribution < 1.29 is 24.2 Å². The molecule has 13 heteroatoms. The van der Waals surface area contributed by atoms with E-state index in [-0.39, 0.29) is 30.7 Å². The molecule has 0 spiro atoms. The van der Waals surface area contributed by atoms with Gasteiger partial charge in [0.15, 0.2) is 5.69 Å². The molecule has 1 aliphatic heterocycles. The molecule has 0 aliphatic carbocycles. The summed E-state index contributed by atoms with van der Waals surface area (Å²) in [5, 5.41) is 13.7. The lowest BCUT2D eigenvalue weighted by molar-refractivity contribution is 0.0687. The van der Waals surface area contributed by atoms with Crippen molar-refractivity contribution in [2.45, 2.75) is 67.0 Å². The molecule has 8 rings (SSSR count). The largest absolute Gasteiger partial charge is 0.497 e. The molecule has 1 N–H and O–H groups in total. The summed E-state index contributed by atoms with van der Waals surface area (Å²) in [7, 11) is 1.56. The van der Waals surface area contributed by atoms with Crippen LogP contribution in [-0.4, -0.2) is 61.3 Å². The van der Waals surface area contributed by atoms with E-state index in [2.05, 4.69) is 19.5 Å². The van der Waals surface area contributed by atoms with Crippen molar-refractivity contribution in [3.63, 3.8) is 0 Å². The normalized spacial score (nSPS) is 14.0. The maximum absolute atomic E-state index is 15.5. The molecule has 3 aromatic carbocycles. The van der Waals surface area contributed by atoms with Gasteiger partial charge in [0, 0.05) is 57.1 Å². The van der Waals surface area contributed by atoms with Gasteiger partial charge in [-0.3, -0.25) is 9.78 Å². The van der Waals surface area contributed by atoms with E-state index in [0.29, 0.717) is 63.2 Å². The van der Waals surface area contributed by atoms with Gasteiger partial charge < -0.3 is 28.6 Å². The minimum Gasteiger partial charge on any atom is -0.497 e. The number of nitrogens with zero attached hydrogens (tertiary/aromatic N) is 6. The van der Waals surface area contributed by atoms with E-state index >= 15 is 4.79 Å². The summed E-state index contributed by atoms with van der Waals surface area (Å²) in [6, 6.07) is 16.6. The Labute approximate surface area is 352 Å². The second-order valence-corrected chi connectivity index (χ2v) is 16.1. The molecule has 1 amide bonds. The van der Waals surface area contributed by atoms with Gasteiger partial charge in [-0.1, -0.05) is 29.3 Å². The summed E-state index contributed by atoms with van der Waals surface area (Å²) < 4.78 is 15.7. The van der Waals surface area contributed by atoms with Crippen molar-refractivity contribution in [1.29, 1.82) is 0 Å². The Morgan fingerprint density at radius 3 is 2.31 bits per heavy atom. The van der Waals surface area contributed by atoms with Crippen molar-refractivity contribution >= 4 is 62.6 Å². The minimum absolute atomic E-state index is 0.0124. The Hall–Kier alpha value is -5.91. The van der Waals surface area contributed by atoms with Crippen LogP contribution in [0.4, 0.5) is 5.69 Å². The van der Waals surface area contributed by atoms with Crippen molar-refractivity contribution in [2.75, 3.05) is 25.2 Å². The Bertz CT molecular complexity index is 2800.